The molecule has 298 valence electrons. The van der Waals surface area contributed by atoms with Gasteiger partial charge in [0.05, 0.1) is 19.8 Å². The first kappa shape index (κ1) is 39.9. The van der Waals surface area contributed by atoms with Crippen LogP contribution in [0.3, 0.4) is 0 Å². The van der Waals surface area contributed by atoms with Crippen molar-refractivity contribution in [2.24, 2.45) is 0 Å². The Balaban J connectivity index is 1.41. The fraction of sp³-hybridized carbons (Fsp3) is 0.545. The number of aliphatic hydroxyl groups excluding tert-OH is 11. The van der Waals surface area contributed by atoms with Gasteiger partial charge in [-0.15, -0.1) is 0 Å². The molecule has 21 nitrogen and oxygen atoms in total. The maximum Gasteiger partial charge on any atom is 0.239 e. The van der Waals surface area contributed by atoms with E-state index in [9.17, 15) is 71.2 Å². The average molecular weight is 773 g/mol. The molecule has 3 saturated heterocycles. The van der Waals surface area contributed by atoms with Gasteiger partial charge in [0.1, 0.15) is 95.4 Å². The molecular formula is C33H40O21. The minimum absolute atomic E-state index is 0.0723. The van der Waals surface area contributed by atoms with Crippen LogP contribution in [0.15, 0.2) is 45.6 Å². The molecule has 0 radical (unpaired) electrons. The smallest absolute Gasteiger partial charge is 0.239 e. The Morgan fingerprint density at radius 1 is 0.593 bits per heavy atom. The molecule has 21 heteroatoms. The van der Waals surface area contributed by atoms with E-state index >= 15 is 0 Å². The quantitative estimate of drug-likeness (QED) is 0.0918. The number of phenolic OH excluding ortho intramolecular Hbond substituents is 2. The third-order valence-electron chi connectivity index (χ3n) is 9.33. The summed E-state index contributed by atoms with van der Waals surface area (Å²) in [6, 6.07) is 7.07. The van der Waals surface area contributed by atoms with Gasteiger partial charge in [0.15, 0.2) is 18.2 Å². The molecule has 7 unspecified atom stereocenters. The van der Waals surface area contributed by atoms with E-state index in [0.29, 0.717) is 0 Å². The second-order valence-electron chi connectivity index (χ2n) is 12.9. The van der Waals surface area contributed by atoms with Crippen LogP contribution < -0.4 is 14.9 Å². The van der Waals surface area contributed by atoms with Crippen LogP contribution >= 0.6 is 0 Å². The van der Waals surface area contributed by atoms with Crippen molar-refractivity contribution in [3.05, 3.63) is 46.6 Å². The van der Waals surface area contributed by atoms with Crippen molar-refractivity contribution in [3.8, 4) is 34.3 Å². The molecule has 3 aliphatic heterocycles. The van der Waals surface area contributed by atoms with Gasteiger partial charge in [0.2, 0.25) is 23.8 Å². The topological polar surface area (TPSA) is 349 Å². The Bertz CT molecular complexity index is 1800. The van der Waals surface area contributed by atoms with E-state index < -0.39 is 140 Å². The highest BCUT2D eigenvalue weighted by Gasteiger charge is 2.52. The number of benzene rings is 2. The average Bonchev–Trinajstić information content (AvgIpc) is 3.15. The van der Waals surface area contributed by atoms with Crippen molar-refractivity contribution in [2.75, 3.05) is 19.8 Å². The van der Waals surface area contributed by atoms with Crippen molar-refractivity contribution in [1.82, 2.24) is 0 Å². The minimum Gasteiger partial charge on any atom is -0.508 e. The number of phenols is 2. The number of fused-ring (bicyclic) bond motifs is 1. The van der Waals surface area contributed by atoms with Crippen LogP contribution in [-0.4, -0.2) is 178 Å². The Morgan fingerprint density at radius 3 is 1.69 bits per heavy atom. The van der Waals surface area contributed by atoms with Crippen molar-refractivity contribution in [1.29, 1.82) is 0 Å². The maximum absolute atomic E-state index is 14.2. The molecular weight excluding hydrogens is 732 g/mol. The number of aliphatic hydroxyl groups is 11. The van der Waals surface area contributed by atoms with Crippen molar-refractivity contribution in [2.45, 2.75) is 92.1 Å². The molecule has 6 rings (SSSR count). The van der Waals surface area contributed by atoms with E-state index in [4.69, 9.17) is 32.8 Å². The van der Waals surface area contributed by atoms with E-state index in [2.05, 4.69) is 0 Å². The molecule has 0 amide bonds. The van der Waals surface area contributed by atoms with E-state index in [0.717, 1.165) is 12.1 Å². The predicted octanol–water partition coefficient (Wildman–Crippen LogP) is -4.95. The lowest BCUT2D eigenvalue weighted by molar-refractivity contribution is -0.358. The summed E-state index contributed by atoms with van der Waals surface area (Å²) in [6.45, 7) is -2.48. The van der Waals surface area contributed by atoms with Gasteiger partial charge < -0.3 is 99.2 Å². The number of rotatable bonds is 10. The largest absolute Gasteiger partial charge is 0.508 e. The number of hydrogen-bond acceptors (Lipinski definition) is 21. The zero-order chi connectivity index (χ0) is 39.2. The Morgan fingerprint density at radius 2 is 1.11 bits per heavy atom. The summed E-state index contributed by atoms with van der Waals surface area (Å²) in [5.74, 6) is -2.38. The van der Waals surface area contributed by atoms with Gasteiger partial charge in [-0.2, -0.15) is 0 Å². The third kappa shape index (κ3) is 7.45. The summed E-state index contributed by atoms with van der Waals surface area (Å²) in [6.07, 6.45) is -26.7. The SMILES string of the molecule is O=c1c(O[C@@H]2O[C@H](CO)C(O)[C@H](O)C2O[C@@H]2O[C@H](CO)C(O)[C@H](O)C2O)c(-c2ccc(O)cc2)oc2cc(OC3OC(CO)[C@@H](O)C(O)[C@H]3O)cc(O)c12. The molecule has 3 aromatic rings. The fourth-order valence-electron chi connectivity index (χ4n) is 6.28. The molecule has 3 aliphatic rings. The van der Waals surface area contributed by atoms with Crippen molar-refractivity contribution in [3.63, 3.8) is 0 Å². The first-order chi connectivity index (χ1) is 25.7. The molecule has 13 N–H and O–H groups in total. The normalized spacial score (nSPS) is 37.3. The molecule has 4 heterocycles. The second-order valence-corrected chi connectivity index (χ2v) is 12.9. The molecule has 0 bridgehead atoms. The lowest BCUT2D eigenvalue weighted by atomic mass is 9.97. The predicted molar refractivity (Wildman–Crippen MR) is 173 cm³/mol. The monoisotopic (exact) mass is 772 g/mol. The first-order valence-electron chi connectivity index (χ1n) is 16.5. The van der Waals surface area contributed by atoms with Gasteiger partial charge in [-0.3, -0.25) is 4.79 Å². The van der Waals surface area contributed by atoms with Gasteiger partial charge in [-0.1, -0.05) is 0 Å². The Hall–Kier alpha value is -3.75. The highest BCUT2D eigenvalue weighted by atomic mass is 16.8. The van der Waals surface area contributed by atoms with Gasteiger partial charge in [-0.25, -0.2) is 0 Å². The highest BCUT2D eigenvalue weighted by Crippen LogP contribution is 2.39. The minimum atomic E-state index is -2.01. The Kier molecular flexibility index (Phi) is 11.9. The Labute approximate surface area is 303 Å². The molecule has 0 aliphatic carbocycles. The van der Waals surface area contributed by atoms with Gasteiger partial charge in [0.25, 0.3) is 0 Å². The number of hydrogen-bond donors (Lipinski definition) is 13. The van der Waals surface area contributed by atoms with E-state index in [-0.39, 0.29) is 22.6 Å². The molecule has 3 fully saturated rings. The number of aromatic hydroxyl groups is 2. The van der Waals surface area contributed by atoms with Gasteiger partial charge in [-0.05, 0) is 24.3 Å². The molecule has 2 aromatic carbocycles. The lowest BCUT2D eigenvalue weighted by Gasteiger charge is -2.45. The molecule has 54 heavy (non-hydrogen) atoms. The van der Waals surface area contributed by atoms with E-state index in [1.807, 2.05) is 0 Å². The number of ether oxygens (including phenoxy) is 6. The molecule has 15 atom stereocenters. The molecule has 0 saturated carbocycles. The summed E-state index contributed by atoms with van der Waals surface area (Å²) >= 11 is 0. The summed E-state index contributed by atoms with van der Waals surface area (Å²) < 4.78 is 39.6. The second kappa shape index (κ2) is 16.2. The van der Waals surface area contributed by atoms with Gasteiger partial charge >= 0.3 is 0 Å². The summed E-state index contributed by atoms with van der Waals surface area (Å²) in [4.78, 5) is 14.2. The van der Waals surface area contributed by atoms with E-state index in [1.165, 1.54) is 24.3 Å². The van der Waals surface area contributed by atoms with Crippen LogP contribution in [0, 0.1) is 0 Å². The van der Waals surface area contributed by atoms with Gasteiger partial charge in [0, 0.05) is 17.7 Å². The summed E-state index contributed by atoms with van der Waals surface area (Å²) in [5, 5.41) is 133. The third-order valence-corrected chi connectivity index (χ3v) is 9.33. The highest BCUT2D eigenvalue weighted by molar-refractivity contribution is 5.88. The maximum atomic E-state index is 14.2. The zero-order valence-corrected chi connectivity index (χ0v) is 27.8. The van der Waals surface area contributed by atoms with Crippen LogP contribution in [0.25, 0.3) is 22.3 Å². The van der Waals surface area contributed by atoms with Crippen molar-refractivity contribution >= 4 is 11.0 Å². The van der Waals surface area contributed by atoms with Crippen LogP contribution in [-0.2, 0) is 18.9 Å². The summed E-state index contributed by atoms with van der Waals surface area (Å²) in [7, 11) is 0. The molecule has 0 spiro atoms. The van der Waals surface area contributed by atoms with Crippen LogP contribution in [0.5, 0.6) is 23.0 Å². The van der Waals surface area contributed by atoms with Crippen LogP contribution in [0.1, 0.15) is 0 Å². The zero-order valence-electron chi connectivity index (χ0n) is 27.8. The van der Waals surface area contributed by atoms with E-state index in [1.54, 1.807) is 0 Å². The summed E-state index contributed by atoms with van der Waals surface area (Å²) in [5.41, 5.74) is -1.38. The lowest BCUT2D eigenvalue weighted by Crippen LogP contribution is -2.65. The fourth-order valence-corrected chi connectivity index (χ4v) is 6.28. The van der Waals surface area contributed by atoms with Crippen LogP contribution in [0.2, 0.25) is 0 Å². The standard InChI is InChI=1S/C33H40O21/c34-7-15-19(39)23(43)26(46)31(50-15)48-12-5-13(38)18-14(6-12)49-28(10-1-3-11(37)4-2-10)29(22(18)42)53-33-30(25(45)21(41)17(9-36)52-33)54-32-27(47)24(44)20(40)16(8-35)51-32/h1-6,15-17,19-21,23-27,30-41,43-47H,7-9H2/t15?,16-,17-,19-,20?,21?,23?,24+,25+,26-,27?,30?,31?,32+,33+/m1/s1. The van der Waals surface area contributed by atoms with Crippen molar-refractivity contribution < 1.29 is 99.2 Å². The first-order valence-corrected chi connectivity index (χ1v) is 16.5. The van der Waals surface area contributed by atoms with Crippen LogP contribution in [0.4, 0.5) is 0 Å². The molecule has 1 aromatic heterocycles.